The standard InChI is InChI=1S/C8H10O3.C2H5N/c1-5(2)7(9)11-8(10)6(3)4;1-2-3/h1,3H2,2,4H3;2H,1,3H2. The third-order valence-corrected chi connectivity index (χ3v) is 0.882. The Hall–Kier alpha value is -1.84. The summed E-state index contributed by atoms with van der Waals surface area (Å²) in [7, 11) is 0. The highest BCUT2D eigenvalue weighted by Gasteiger charge is 2.10. The van der Waals surface area contributed by atoms with Crippen LogP contribution in [0.3, 0.4) is 0 Å². The van der Waals surface area contributed by atoms with Crippen LogP contribution < -0.4 is 5.73 Å². The first-order chi connectivity index (χ1) is 6.36. The number of carbonyl (C=O) groups excluding carboxylic acids is 2. The van der Waals surface area contributed by atoms with Crippen molar-refractivity contribution in [3.8, 4) is 0 Å². The normalized spacial score (nSPS) is 7.57. The van der Waals surface area contributed by atoms with Crippen molar-refractivity contribution in [3.05, 3.63) is 37.1 Å². The van der Waals surface area contributed by atoms with Gasteiger partial charge in [0.05, 0.1) is 0 Å². The summed E-state index contributed by atoms with van der Waals surface area (Å²) in [6, 6.07) is 0. The smallest absolute Gasteiger partial charge is 0.340 e. The minimum Gasteiger partial charge on any atom is -0.405 e. The Bertz CT molecular complexity index is 243. The Balaban J connectivity index is 0. The Morgan fingerprint density at radius 2 is 1.36 bits per heavy atom. The second kappa shape index (κ2) is 7.79. The van der Waals surface area contributed by atoms with Crippen molar-refractivity contribution in [2.45, 2.75) is 13.8 Å². The summed E-state index contributed by atoms with van der Waals surface area (Å²) in [5.74, 6) is -1.42. The van der Waals surface area contributed by atoms with E-state index in [0.29, 0.717) is 0 Å². The second-order valence-electron chi connectivity index (χ2n) is 2.47. The summed E-state index contributed by atoms with van der Waals surface area (Å²) in [5, 5.41) is 0. The van der Waals surface area contributed by atoms with E-state index < -0.39 is 11.9 Å². The molecule has 14 heavy (non-hydrogen) atoms. The maximum Gasteiger partial charge on any atom is 0.340 e. The van der Waals surface area contributed by atoms with Gasteiger partial charge in [0.1, 0.15) is 0 Å². The summed E-state index contributed by atoms with van der Waals surface area (Å²) in [6.07, 6.45) is 1.25. The van der Waals surface area contributed by atoms with Crippen molar-refractivity contribution in [2.24, 2.45) is 5.73 Å². The van der Waals surface area contributed by atoms with Crippen LogP contribution in [0.25, 0.3) is 0 Å². The quantitative estimate of drug-likeness (QED) is 0.411. The lowest BCUT2D eigenvalue weighted by atomic mass is 10.3. The summed E-state index contributed by atoms with van der Waals surface area (Å²) in [4.78, 5) is 21.3. The first kappa shape index (κ1) is 14.7. The van der Waals surface area contributed by atoms with Gasteiger partial charge in [-0.25, -0.2) is 9.59 Å². The molecule has 78 valence electrons. The molecule has 0 rings (SSSR count). The molecule has 0 aliphatic rings. The van der Waals surface area contributed by atoms with E-state index in [1.807, 2.05) is 0 Å². The minimum atomic E-state index is -0.710. The Labute approximate surface area is 83.7 Å². The van der Waals surface area contributed by atoms with Gasteiger partial charge in [0.2, 0.25) is 0 Å². The molecular formula is C10H15NO3. The average molecular weight is 197 g/mol. The Morgan fingerprint density at radius 3 is 1.50 bits per heavy atom. The molecule has 0 heterocycles. The SMILES string of the molecule is C=C(C)C(=O)OC(=O)C(=C)C.C=CN. The number of nitrogens with two attached hydrogens (primary N) is 1. The van der Waals surface area contributed by atoms with Crippen LogP contribution in [-0.4, -0.2) is 11.9 Å². The molecule has 0 spiro atoms. The molecule has 0 saturated carbocycles. The third-order valence-electron chi connectivity index (χ3n) is 0.882. The molecule has 4 heteroatoms. The van der Waals surface area contributed by atoms with Crippen LogP contribution in [0.15, 0.2) is 37.1 Å². The maximum atomic E-state index is 10.7. The highest BCUT2D eigenvalue weighted by Crippen LogP contribution is 1.97. The number of hydrogen-bond donors (Lipinski definition) is 1. The number of esters is 2. The fourth-order valence-electron chi connectivity index (χ4n) is 0.258. The van der Waals surface area contributed by atoms with Gasteiger partial charge in [-0.3, -0.25) is 0 Å². The van der Waals surface area contributed by atoms with Gasteiger partial charge in [0, 0.05) is 11.1 Å². The highest BCUT2D eigenvalue weighted by molar-refractivity contribution is 6.00. The van der Waals surface area contributed by atoms with E-state index in [4.69, 9.17) is 0 Å². The predicted molar refractivity (Wildman–Crippen MR) is 55.1 cm³/mol. The topological polar surface area (TPSA) is 69.4 Å². The van der Waals surface area contributed by atoms with Gasteiger partial charge in [-0.1, -0.05) is 19.7 Å². The zero-order valence-corrected chi connectivity index (χ0v) is 8.50. The van der Waals surface area contributed by atoms with Crippen molar-refractivity contribution in [1.29, 1.82) is 0 Å². The molecule has 4 nitrogen and oxygen atoms in total. The van der Waals surface area contributed by atoms with Gasteiger partial charge in [-0.05, 0) is 20.0 Å². The Kier molecular flexibility index (Phi) is 8.16. The molecule has 0 saturated heterocycles. The van der Waals surface area contributed by atoms with Crippen molar-refractivity contribution in [2.75, 3.05) is 0 Å². The van der Waals surface area contributed by atoms with Crippen molar-refractivity contribution < 1.29 is 14.3 Å². The van der Waals surface area contributed by atoms with Gasteiger partial charge in [-0.2, -0.15) is 0 Å². The number of ether oxygens (including phenoxy) is 1. The monoisotopic (exact) mass is 197 g/mol. The van der Waals surface area contributed by atoms with Gasteiger partial charge < -0.3 is 10.5 Å². The molecule has 0 amide bonds. The zero-order chi connectivity index (χ0) is 11.7. The molecule has 0 radical (unpaired) electrons. The average Bonchev–Trinajstić information content (AvgIpc) is 2.05. The van der Waals surface area contributed by atoms with Crippen molar-refractivity contribution >= 4 is 11.9 Å². The molecule has 0 unspecified atom stereocenters. The van der Waals surface area contributed by atoms with Crippen LogP contribution in [0.1, 0.15) is 13.8 Å². The van der Waals surface area contributed by atoms with Gasteiger partial charge in [0.15, 0.2) is 0 Å². The van der Waals surface area contributed by atoms with E-state index in [0.717, 1.165) is 0 Å². The molecule has 0 aromatic carbocycles. The molecule has 0 atom stereocenters. The van der Waals surface area contributed by atoms with Gasteiger partial charge >= 0.3 is 11.9 Å². The van der Waals surface area contributed by atoms with E-state index in [1.165, 1.54) is 20.0 Å². The van der Waals surface area contributed by atoms with E-state index in [2.05, 4.69) is 30.2 Å². The van der Waals surface area contributed by atoms with E-state index in [-0.39, 0.29) is 11.1 Å². The second-order valence-corrected chi connectivity index (χ2v) is 2.47. The first-order valence-electron chi connectivity index (χ1n) is 3.77. The molecule has 0 aliphatic heterocycles. The molecule has 0 fully saturated rings. The lowest BCUT2D eigenvalue weighted by molar-refractivity contribution is -0.153. The minimum absolute atomic E-state index is 0.194. The largest absolute Gasteiger partial charge is 0.405 e. The van der Waals surface area contributed by atoms with Crippen LogP contribution in [0.5, 0.6) is 0 Å². The first-order valence-corrected chi connectivity index (χ1v) is 3.77. The molecule has 0 aromatic rings. The van der Waals surface area contributed by atoms with Crippen LogP contribution >= 0.6 is 0 Å². The van der Waals surface area contributed by atoms with Gasteiger partial charge in [-0.15, -0.1) is 0 Å². The molecule has 0 bridgehead atoms. The molecule has 0 aliphatic carbocycles. The van der Waals surface area contributed by atoms with Crippen molar-refractivity contribution in [1.82, 2.24) is 0 Å². The molecule has 0 aromatic heterocycles. The number of carbonyl (C=O) groups is 2. The summed E-state index contributed by atoms with van der Waals surface area (Å²) >= 11 is 0. The summed E-state index contributed by atoms with van der Waals surface area (Å²) in [5.41, 5.74) is 5.00. The van der Waals surface area contributed by atoms with Crippen LogP contribution in [0, 0.1) is 0 Å². The van der Waals surface area contributed by atoms with Gasteiger partial charge in [0.25, 0.3) is 0 Å². The van der Waals surface area contributed by atoms with Crippen LogP contribution in [0.2, 0.25) is 0 Å². The third kappa shape index (κ3) is 8.26. The number of hydrogen-bond acceptors (Lipinski definition) is 4. The molecular weight excluding hydrogens is 182 g/mol. The van der Waals surface area contributed by atoms with Crippen molar-refractivity contribution in [3.63, 3.8) is 0 Å². The maximum absolute atomic E-state index is 10.7. The van der Waals surface area contributed by atoms with Crippen LogP contribution in [0.4, 0.5) is 0 Å². The fourth-order valence-corrected chi connectivity index (χ4v) is 0.258. The highest BCUT2D eigenvalue weighted by atomic mass is 16.6. The fraction of sp³-hybridized carbons (Fsp3) is 0.200. The summed E-state index contributed by atoms with van der Waals surface area (Å²) in [6.45, 7) is 12.7. The zero-order valence-electron chi connectivity index (χ0n) is 8.50. The van der Waals surface area contributed by atoms with E-state index in [1.54, 1.807) is 0 Å². The predicted octanol–water partition coefficient (Wildman–Crippen LogP) is 1.30. The molecule has 2 N–H and O–H groups in total. The van der Waals surface area contributed by atoms with E-state index >= 15 is 0 Å². The number of rotatable bonds is 2. The van der Waals surface area contributed by atoms with E-state index in [9.17, 15) is 9.59 Å². The van der Waals surface area contributed by atoms with Crippen LogP contribution in [-0.2, 0) is 14.3 Å². The summed E-state index contributed by atoms with van der Waals surface area (Å²) < 4.78 is 4.30. The lowest BCUT2D eigenvalue weighted by Crippen LogP contribution is -2.12. The Morgan fingerprint density at radius 1 is 1.14 bits per heavy atom. The lowest BCUT2D eigenvalue weighted by Gasteiger charge is -1.99.